The fraction of sp³-hybridized carbons (Fsp3) is 0.438. The number of carbonyl (C=O) groups is 3. The molecule has 5 aromatic rings. The van der Waals surface area contributed by atoms with Crippen molar-refractivity contribution in [1.82, 2.24) is 34.9 Å². The summed E-state index contributed by atoms with van der Waals surface area (Å²) in [6.07, 6.45) is 4.54. The van der Waals surface area contributed by atoms with Crippen molar-refractivity contribution in [2.24, 2.45) is 5.73 Å². The molecule has 3 aliphatic rings. The van der Waals surface area contributed by atoms with Crippen LogP contribution in [0.1, 0.15) is 68.7 Å². The molecule has 328 valence electrons. The van der Waals surface area contributed by atoms with Gasteiger partial charge in [-0.2, -0.15) is 0 Å². The van der Waals surface area contributed by atoms with Gasteiger partial charge < -0.3 is 45.4 Å². The summed E-state index contributed by atoms with van der Waals surface area (Å²) < 4.78 is 9.07. The van der Waals surface area contributed by atoms with E-state index in [4.69, 9.17) is 10.5 Å². The third-order valence-electron chi connectivity index (χ3n) is 12.5. The third-order valence-corrected chi connectivity index (χ3v) is 12.5. The Morgan fingerprint density at radius 3 is 1.71 bits per heavy atom. The van der Waals surface area contributed by atoms with Gasteiger partial charge in [0.1, 0.15) is 12.4 Å². The van der Waals surface area contributed by atoms with E-state index in [2.05, 4.69) is 37.9 Å². The normalized spacial score (nSPS) is 16.4. The van der Waals surface area contributed by atoms with Crippen LogP contribution >= 0.6 is 0 Å². The number of hydrogen-bond acceptors (Lipinski definition) is 10. The van der Waals surface area contributed by atoms with Crippen molar-refractivity contribution < 1.29 is 19.1 Å². The molecule has 0 aliphatic carbocycles. The largest absolute Gasteiger partial charge is 0.486 e. The number of benzene rings is 3. The summed E-state index contributed by atoms with van der Waals surface area (Å²) >= 11 is 0. The fourth-order valence-electron chi connectivity index (χ4n) is 8.81. The molecular weight excluding hydrogens is 785 g/mol. The average molecular weight is 845 g/mol. The SMILES string of the molecule is CNC(=O)c1cc(=O)n(CCN2CCC(N)CC2)c2cc(C)ccc12.CNC(=O)c1cc(=O)n(CCN2CCC(NCc3ccc4c(c3)CC(=O)CO4)CC2)c2cc(C)ccc12. The highest BCUT2D eigenvalue weighted by atomic mass is 16.5. The lowest BCUT2D eigenvalue weighted by molar-refractivity contribution is -0.121. The van der Waals surface area contributed by atoms with Crippen molar-refractivity contribution in [1.29, 1.82) is 0 Å². The van der Waals surface area contributed by atoms with Gasteiger partial charge >= 0.3 is 0 Å². The second-order valence-electron chi connectivity index (χ2n) is 16.9. The summed E-state index contributed by atoms with van der Waals surface area (Å²) in [4.78, 5) is 66.5. The number of fused-ring (bicyclic) bond motifs is 3. The van der Waals surface area contributed by atoms with Gasteiger partial charge in [0.15, 0.2) is 5.78 Å². The summed E-state index contributed by atoms with van der Waals surface area (Å²) in [6.45, 7) is 11.6. The van der Waals surface area contributed by atoms with E-state index in [1.54, 1.807) is 23.2 Å². The molecule has 2 fully saturated rings. The molecule has 0 spiro atoms. The number of aryl methyl sites for hydroxylation is 2. The van der Waals surface area contributed by atoms with Crippen LogP contribution in [0.5, 0.6) is 5.75 Å². The van der Waals surface area contributed by atoms with Crippen LogP contribution in [-0.4, -0.2) is 109 Å². The van der Waals surface area contributed by atoms with E-state index in [0.29, 0.717) is 42.7 Å². The molecule has 2 saturated heterocycles. The summed E-state index contributed by atoms with van der Waals surface area (Å²) in [5.41, 5.74) is 12.4. The van der Waals surface area contributed by atoms with Gasteiger partial charge in [0.05, 0.1) is 22.2 Å². The van der Waals surface area contributed by atoms with E-state index in [9.17, 15) is 24.0 Å². The molecule has 0 bridgehead atoms. The lowest BCUT2D eigenvalue weighted by Gasteiger charge is -2.32. The van der Waals surface area contributed by atoms with Crippen molar-refractivity contribution in [3.63, 3.8) is 0 Å². The molecule has 14 nitrogen and oxygen atoms in total. The number of ketones is 1. The summed E-state index contributed by atoms with van der Waals surface area (Å²) in [5, 5.41) is 10.5. The number of piperidine rings is 2. The Labute approximate surface area is 362 Å². The van der Waals surface area contributed by atoms with Crippen molar-refractivity contribution in [2.75, 3.05) is 60.0 Å². The topological polar surface area (TPSA) is 173 Å². The van der Waals surface area contributed by atoms with E-state index in [-0.39, 0.29) is 35.3 Å². The quantitative estimate of drug-likeness (QED) is 0.154. The lowest BCUT2D eigenvalue weighted by Crippen LogP contribution is -2.43. The molecule has 3 aromatic carbocycles. The van der Waals surface area contributed by atoms with Gasteiger partial charge in [0.25, 0.3) is 22.9 Å². The molecule has 2 aromatic heterocycles. The number of aromatic nitrogens is 2. The zero-order valence-electron chi connectivity index (χ0n) is 36.4. The number of hydrogen-bond donors (Lipinski definition) is 4. The first-order chi connectivity index (χ1) is 29.9. The minimum atomic E-state index is -0.245. The monoisotopic (exact) mass is 844 g/mol. The van der Waals surface area contributed by atoms with Gasteiger partial charge in [0.2, 0.25) is 0 Å². The van der Waals surface area contributed by atoms with Crippen LogP contribution in [0.25, 0.3) is 21.8 Å². The van der Waals surface area contributed by atoms with E-state index in [0.717, 1.165) is 116 Å². The van der Waals surface area contributed by atoms with Gasteiger partial charge in [-0.3, -0.25) is 24.0 Å². The fourth-order valence-corrected chi connectivity index (χ4v) is 8.81. The van der Waals surface area contributed by atoms with Gasteiger partial charge in [0, 0.05) is 93.8 Å². The third kappa shape index (κ3) is 10.5. The van der Waals surface area contributed by atoms with Crippen LogP contribution in [0.3, 0.4) is 0 Å². The molecule has 5 N–H and O–H groups in total. The highest BCUT2D eigenvalue weighted by Crippen LogP contribution is 2.25. The number of ether oxygens (including phenoxy) is 1. The molecule has 3 aliphatic heterocycles. The number of Topliss-reactive ketones (excluding diaryl/α,β-unsaturated/α-hetero) is 1. The molecular formula is C48H60N8O6. The lowest BCUT2D eigenvalue weighted by atomic mass is 10.0. The second-order valence-corrected chi connectivity index (χ2v) is 16.9. The van der Waals surface area contributed by atoms with Crippen molar-refractivity contribution in [2.45, 2.75) is 77.7 Å². The Balaban J connectivity index is 0.000000201. The molecule has 2 amide bonds. The number of pyridine rings is 2. The molecule has 62 heavy (non-hydrogen) atoms. The number of rotatable bonds is 11. The standard InChI is InChI=1S/C29H34N4O4.C19H26N4O2/c1-19-3-5-24-25(29(36)30-2)16-28(35)33(26(24)13-19)12-11-32-9-7-22(8-10-32)31-17-20-4-6-27-21(14-20)15-23(34)18-37-27;1-13-3-4-15-16(19(25)21-2)12-18(24)23(17(15)11-13)10-9-22-7-5-14(20)6-8-22/h3-6,13-14,16,22,31H,7-12,15,17-18H2,1-2H3,(H,30,36);3-4,11-12,14H,5-10,20H2,1-2H3,(H,21,25). The summed E-state index contributed by atoms with van der Waals surface area (Å²) in [7, 11) is 3.16. The van der Waals surface area contributed by atoms with E-state index >= 15 is 0 Å². The summed E-state index contributed by atoms with van der Waals surface area (Å²) in [6, 6.07) is 21.5. The van der Waals surface area contributed by atoms with Gasteiger partial charge in [-0.05, 0) is 101 Å². The first-order valence-corrected chi connectivity index (χ1v) is 21.8. The molecule has 5 heterocycles. The molecule has 0 saturated carbocycles. The first kappa shape index (κ1) is 44.4. The number of carbonyl (C=O) groups excluding carboxylic acids is 3. The maximum atomic E-state index is 13.0. The number of nitrogens with two attached hydrogens (primary N) is 1. The van der Waals surface area contributed by atoms with Crippen LogP contribution in [0, 0.1) is 13.8 Å². The van der Waals surface area contributed by atoms with Crippen LogP contribution in [-0.2, 0) is 30.8 Å². The van der Waals surface area contributed by atoms with Crippen molar-refractivity contribution in [3.8, 4) is 5.75 Å². The molecule has 0 atom stereocenters. The predicted molar refractivity (Wildman–Crippen MR) is 243 cm³/mol. The van der Waals surface area contributed by atoms with Gasteiger partial charge in [-0.25, -0.2) is 0 Å². The second kappa shape index (κ2) is 20.0. The number of likely N-dealkylation sites (tertiary alicyclic amines) is 2. The van der Waals surface area contributed by atoms with Crippen LogP contribution in [0.4, 0.5) is 0 Å². The van der Waals surface area contributed by atoms with Crippen LogP contribution < -0.4 is 37.5 Å². The average Bonchev–Trinajstić information content (AvgIpc) is 3.27. The predicted octanol–water partition coefficient (Wildman–Crippen LogP) is 3.52. The van der Waals surface area contributed by atoms with Gasteiger partial charge in [-0.1, -0.05) is 36.4 Å². The highest BCUT2D eigenvalue weighted by Gasteiger charge is 2.22. The minimum absolute atomic E-state index is 0.123. The van der Waals surface area contributed by atoms with E-state index < -0.39 is 0 Å². The Bertz CT molecular complexity index is 2570. The minimum Gasteiger partial charge on any atom is -0.486 e. The number of nitrogens with zero attached hydrogens (tertiary/aromatic N) is 4. The number of nitrogens with one attached hydrogen (secondary N) is 3. The van der Waals surface area contributed by atoms with E-state index in [1.807, 2.05) is 56.3 Å². The maximum absolute atomic E-state index is 13.0. The molecule has 8 rings (SSSR count). The van der Waals surface area contributed by atoms with E-state index in [1.165, 1.54) is 17.7 Å². The van der Waals surface area contributed by atoms with Gasteiger partial charge in [-0.15, -0.1) is 0 Å². The Morgan fingerprint density at radius 1 is 0.677 bits per heavy atom. The molecule has 0 radical (unpaired) electrons. The smallest absolute Gasteiger partial charge is 0.251 e. The Kier molecular flexibility index (Phi) is 14.3. The Hall–Kier alpha value is -5.67. The number of amides is 2. The molecule has 0 unspecified atom stereocenters. The first-order valence-electron chi connectivity index (χ1n) is 21.8. The van der Waals surface area contributed by atoms with Crippen molar-refractivity contribution in [3.05, 3.63) is 121 Å². The summed E-state index contributed by atoms with van der Waals surface area (Å²) in [5.74, 6) is 0.466. The Morgan fingerprint density at radius 2 is 1.19 bits per heavy atom. The zero-order chi connectivity index (χ0) is 43.9. The zero-order valence-corrected chi connectivity index (χ0v) is 36.4. The maximum Gasteiger partial charge on any atom is 0.251 e. The van der Waals surface area contributed by atoms with Crippen LogP contribution in [0.15, 0.2) is 76.3 Å². The van der Waals surface area contributed by atoms with Crippen molar-refractivity contribution >= 4 is 39.4 Å². The van der Waals surface area contributed by atoms with Crippen LogP contribution in [0.2, 0.25) is 0 Å². The molecule has 14 heteroatoms. The highest BCUT2D eigenvalue weighted by molar-refractivity contribution is 6.07.